The molecular formula is C43H45N11O8S4. The molecule has 4 aromatic carbocycles. The summed E-state index contributed by atoms with van der Waals surface area (Å²) >= 11 is 2.52. The average molecular weight is 972 g/mol. The Labute approximate surface area is 389 Å². The predicted octanol–water partition coefficient (Wildman–Crippen LogP) is 9.04. The molecule has 3 N–H and O–H groups in total. The van der Waals surface area contributed by atoms with E-state index in [1.807, 2.05) is 30.5 Å². The molecule has 0 spiro atoms. The number of anilines is 6. The fraction of sp³-hybridized carbons (Fsp3) is 0.256. The zero-order chi connectivity index (χ0) is 47.6. The standard InChI is InChI=1S/C26H30N6O6S2.C17H15N5O2S2/c1-25(2,3)37-23(33)31(19-11-12-20-17(14-19)15-27-32(20)24(34)38-26(4,5)6)22-29-28-21(39-22)16-9-8-10-18(13-16)30-40(7,35)36;1-26(23,24)22-15-4-2-3-11(7-15)16-20-21-17(25-16)19-14-6-5-12-9-18-10-13(12)8-14/h8-15,30H,1-7H3;2-8,10,22H,9H2,1H3,(H,19,21). The highest BCUT2D eigenvalue weighted by Crippen LogP contribution is 2.37. The highest BCUT2D eigenvalue weighted by atomic mass is 32.2. The van der Waals surface area contributed by atoms with Crippen LogP contribution in [0.1, 0.15) is 52.7 Å². The molecule has 344 valence electrons. The second-order valence-electron chi connectivity index (χ2n) is 16.8. The van der Waals surface area contributed by atoms with Crippen LogP contribution in [0.25, 0.3) is 32.0 Å². The molecule has 0 radical (unpaired) electrons. The maximum Gasteiger partial charge on any atom is 0.435 e. The number of rotatable bonds is 10. The summed E-state index contributed by atoms with van der Waals surface area (Å²) in [4.78, 5) is 31.5. The van der Waals surface area contributed by atoms with Crippen LogP contribution in [0.2, 0.25) is 0 Å². The molecule has 19 nitrogen and oxygen atoms in total. The van der Waals surface area contributed by atoms with Crippen LogP contribution in [-0.4, -0.2) is 89.1 Å². The number of ether oxygens (including phenoxy) is 2. The van der Waals surface area contributed by atoms with Crippen molar-refractivity contribution >= 4 is 105 Å². The summed E-state index contributed by atoms with van der Waals surface area (Å²) in [5.74, 6) is 0. The molecule has 0 saturated heterocycles. The molecule has 8 rings (SSSR count). The second-order valence-corrected chi connectivity index (χ2v) is 22.2. The first-order valence-electron chi connectivity index (χ1n) is 19.9. The molecule has 66 heavy (non-hydrogen) atoms. The minimum atomic E-state index is -3.47. The lowest BCUT2D eigenvalue weighted by Crippen LogP contribution is -2.33. The topological polar surface area (TPSA) is 242 Å². The van der Waals surface area contributed by atoms with Gasteiger partial charge in [0.15, 0.2) is 0 Å². The van der Waals surface area contributed by atoms with E-state index in [1.54, 1.807) is 102 Å². The van der Waals surface area contributed by atoms with E-state index >= 15 is 0 Å². The Kier molecular flexibility index (Phi) is 13.3. The number of fused-ring (bicyclic) bond motifs is 2. The summed E-state index contributed by atoms with van der Waals surface area (Å²) < 4.78 is 63.2. The molecule has 1 aliphatic heterocycles. The smallest absolute Gasteiger partial charge is 0.435 e. The van der Waals surface area contributed by atoms with Gasteiger partial charge in [-0.2, -0.15) is 9.78 Å². The van der Waals surface area contributed by atoms with Crippen LogP contribution in [0.5, 0.6) is 0 Å². The lowest BCUT2D eigenvalue weighted by Gasteiger charge is -2.25. The molecule has 0 fully saturated rings. The predicted molar refractivity (Wildman–Crippen MR) is 258 cm³/mol. The van der Waals surface area contributed by atoms with Crippen LogP contribution in [0.4, 0.5) is 42.6 Å². The van der Waals surface area contributed by atoms with Gasteiger partial charge >= 0.3 is 12.2 Å². The number of nitrogens with one attached hydrogen (secondary N) is 3. The van der Waals surface area contributed by atoms with E-state index in [9.17, 15) is 26.4 Å². The highest BCUT2D eigenvalue weighted by Gasteiger charge is 2.29. The number of nitrogens with zero attached hydrogens (tertiary/aromatic N) is 8. The summed E-state index contributed by atoms with van der Waals surface area (Å²) in [6.07, 6.45) is 4.25. The first kappa shape index (κ1) is 47.2. The second kappa shape index (κ2) is 18.6. The van der Waals surface area contributed by atoms with E-state index in [2.05, 4.69) is 45.2 Å². The molecule has 1 aliphatic rings. The van der Waals surface area contributed by atoms with E-state index in [1.165, 1.54) is 28.0 Å². The number of hydrogen-bond acceptors (Lipinski definition) is 17. The number of hydrogen-bond donors (Lipinski definition) is 3. The number of aromatic nitrogens is 6. The number of benzene rings is 4. The Hall–Kier alpha value is -6.82. The molecule has 23 heteroatoms. The number of carbonyl (C=O) groups excluding carboxylic acids is 2. The maximum absolute atomic E-state index is 13.4. The Balaban J connectivity index is 0.000000214. The van der Waals surface area contributed by atoms with E-state index < -0.39 is 43.4 Å². The van der Waals surface area contributed by atoms with E-state index in [-0.39, 0.29) is 5.13 Å². The van der Waals surface area contributed by atoms with Crippen molar-refractivity contribution in [3.8, 4) is 21.1 Å². The van der Waals surface area contributed by atoms with Crippen molar-refractivity contribution in [2.45, 2.75) is 59.3 Å². The maximum atomic E-state index is 13.4. The number of carbonyl (C=O) groups is 2. The van der Waals surface area contributed by atoms with Crippen LogP contribution in [0.15, 0.2) is 96.1 Å². The molecule has 0 atom stereocenters. The summed E-state index contributed by atoms with van der Waals surface area (Å²) in [5, 5.41) is 26.9. The quantitative estimate of drug-likeness (QED) is 0.116. The van der Waals surface area contributed by atoms with Gasteiger partial charge in [-0.05, 0) is 107 Å². The Morgan fingerprint density at radius 3 is 1.95 bits per heavy atom. The minimum absolute atomic E-state index is 0.226. The van der Waals surface area contributed by atoms with Crippen molar-refractivity contribution in [3.05, 3.63) is 102 Å². The monoisotopic (exact) mass is 971 g/mol. The van der Waals surface area contributed by atoms with Gasteiger partial charge in [0.2, 0.25) is 30.3 Å². The van der Waals surface area contributed by atoms with Gasteiger partial charge in [0.05, 0.1) is 36.5 Å². The lowest BCUT2D eigenvalue weighted by molar-refractivity contribution is 0.0521. The van der Waals surface area contributed by atoms with E-state index in [0.717, 1.165) is 51.9 Å². The summed E-state index contributed by atoms with van der Waals surface area (Å²) in [7, 11) is -6.79. The fourth-order valence-electron chi connectivity index (χ4n) is 6.19. The third-order valence-corrected chi connectivity index (χ3v) is 11.8. The summed E-state index contributed by atoms with van der Waals surface area (Å²) in [6, 6.07) is 24.8. The first-order valence-corrected chi connectivity index (χ1v) is 25.3. The van der Waals surface area contributed by atoms with Gasteiger partial charge in [-0.3, -0.25) is 14.4 Å². The zero-order valence-electron chi connectivity index (χ0n) is 36.9. The van der Waals surface area contributed by atoms with Crippen molar-refractivity contribution in [1.82, 2.24) is 30.2 Å². The van der Waals surface area contributed by atoms with Crippen LogP contribution in [-0.2, 0) is 36.1 Å². The van der Waals surface area contributed by atoms with Gasteiger partial charge in [-0.15, -0.1) is 20.4 Å². The van der Waals surface area contributed by atoms with Crippen molar-refractivity contribution in [3.63, 3.8) is 0 Å². The molecule has 7 aromatic rings. The minimum Gasteiger partial charge on any atom is -0.443 e. The molecule has 3 aromatic heterocycles. The molecular weight excluding hydrogens is 927 g/mol. The SMILES string of the molecule is CC(C)(C)OC(=O)N(c1ccc2c(cnn2C(=O)OC(C)(C)C)c1)c1nnc(-c2cccc(NS(C)(=O)=O)c2)s1.CS(=O)(=O)Nc1cccc(-c2nnc(Nc3ccc4c(c3)C=NC4)s2)c1. The van der Waals surface area contributed by atoms with Crippen molar-refractivity contribution in [2.75, 3.05) is 32.2 Å². The Morgan fingerprint density at radius 2 is 1.33 bits per heavy atom. The normalized spacial score (nSPS) is 12.5. The van der Waals surface area contributed by atoms with E-state index in [0.29, 0.717) is 48.7 Å². The summed E-state index contributed by atoms with van der Waals surface area (Å²) in [6.45, 7) is 11.3. The number of sulfonamides is 2. The van der Waals surface area contributed by atoms with E-state index in [4.69, 9.17) is 9.47 Å². The van der Waals surface area contributed by atoms with Gasteiger partial charge in [0, 0.05) is 39.8 Å². The van der Waals surface area contributed by atoms with Gasteiger partial charge in [0.25, 0.3) is 0 Å². The Bertz CT molecular complexity index is 3210. The number of amides is 1. The van der Waals surface area contributed by atoms with Gasteiger partial charge in [0.1, 0.15) is 21.2 Å². The average Bonchev–Trinajstić information content (AvgIpc) is 4.03. The highest BCUT2D eigenvalue weighted by molar-refractivity contribution is 7.92. The van der Waals surface area contributed by atoms with Crippen molar-refractivity contribution in [2.24, 2.45) is 4.99 Å². The molecule has 0 aliphatic carbocycles. The van der Waals surface area contributed by atoms with Gasteiger partial charge in [-0.25, -0.2) is 31.3 Å². The third-order valence-electron chi connectivity index (χ3n) is 8.70. The van der Waals surface area contributed by atoms with Gasteiger partial charge < -0.3 is 14.8 Å². The lowest BCUT2D eigenvalue weighted by atomic mass is 10.1. The largest absolute Gasteiger partial charge is 0.443 e. The van der Waals surface area contributed by atoms with Crippen LogP contribution < -0.4 is 19.7 Å². The van der Waals surface area contributed by atoms with Gasteiger partial charge in [-0.1, -0.05) is 53.0 Å². The molecule has 1 amide bonds. The fourth-order valence-corrected chi connectivity index (χ4v) is 8.91. The van der Waals surface area contributed by atoms with Crippen LogP contribution >= 0.6 is 22.7 Å². The molecule has 0 bridgehead atoms. The molecule has 0 saturated carbocycles. The first-order chi connectivity index (χ1) is 30.9. The molecule has 0 unspecified atom stereocenters. The Morgan fingerprint density at radius 1 is 0.712 bits per heavy atom. The van der Waals surface area contributed by atoms with Crippen LogP contribution in [0.3, 0.4) is 0 Å². The molecule has 4 heterocycles. The van der Waals surface area contributed by atoms with Crippen molar-refractivity contribution < 1.29 is 35.9 Å². The zero-order valence-corrected chi connectivity index (χ0v) is 40.2. The summed E-state index contributed by atoms with van der Waals surface area (Å²) in [5.41, 5.74) is 4.94. The third kappa shape index (κ3) is 12.5. The van der Waals surface area contributed by atoms with Crippen LogP contribution in [0, 0.1) is 0 Å². The number of aliphatic imine (C=N–C) groups is 1. The van der Waals surface area contributed by atoms with Crippen molar-refractivity contribution in [1.29, 1.82) is 0 Å².